The molecule has 0 radical (unpaired) electrons. The molecule has 1 saturated heterocycles. The van der Waals surface area contributed by atoms with Crippen molar-refractivity contribution >= 4 is 5.82 Å². The third-order valence-electron chi connectivity index (χ3n) is 3.68. The highest BCUT2D eigenvalue weighted by Gasteiger charge is 2.24. The highest BCUT2D eigenvalue weighted by molar-refractivity contribution is 5.41. The molecule has 0 amide bonds. The molecule has 4 heteroatoms. The third-order valence-corrected chi connectivity index (χ3v) is 3.68. The molecule has 2 aliphatic rings. The zero-order valence-electron chi connectivity index (χ0n) is 9.34. The maximum absolute atomic E-state index is 9.51. The number of anilines is 1. The fourth-order valence-corrected chi connectivity index (χ4v) is 2.41. The monoisotopic (exact) mass is 219 g/mol. The lowest BCUT2D eigenvalue weighted by molar-refractivity contribution is 0.198. The van der Waals surface area contributed by atoms with Crippen molar-refractivity contribution in [2.45, 2.75) is 37.7 Å². The van der Waals surface area contributed by atoms with E-state index in [2.05, 4.69) is 20.9 Å². The van der Waals surface area contributed by atoms with E-state index in [9.17, 15) is 5.11 Å². The number of aromatic nitrogens is 2. The maximum atomic E-state index is 9.51. The van der Waals surface area contributed by atoms with Gasteiger partial charge in [0.15, 0.2) is 0 Å². The van der Waals surface area contributed by atoms with Crippen molar-refractivity contribution in [1.29, 1.82) is 0 Å². The minimum atomic E-state index is -0.192. The first-order valence-electron chi connectivity index (χ1n) is 6.08. The second-order valence-corrected chi connectivity index (χ2v) is 4.82. The zero-order chi connectivity index (χ0) is 11.0. The van der Waals surface area contributed by atoms with Crippen molar-refractivity contribution in [3.05, 3.63) is 18.1 Å². The van der Waals surface area contributed by atoms with Crippen LogP contribution in [-0.2, 0) is 0 Å². The quantitative estimate of drug-likeness (QED) is 0.815. The Kier molecular flexibility index (Phi) is 2.52. The maximum Gasteiger partial charge on any atom is 0.132 e. The van der Waals surface area contributed by atoms with Crippen molar-refractivity contribution in [3.63, 3.8) is 0 Å². The molecule has 0 spiro atoms. The van der Waals surface area contributed by atoms with Crippen LogP contribution in [0.1, 0.15) is 37.3 Å². The van der Waals surface area contributed by atoms with Gasteiger partial charge < -0.3 is 10.0 Å². The fraction of sp³-hybridized carbons (Fsp3) is 0.667. The van der Waals surface area contributed by atoms with Crippen molar-refractivity contribution in [3.8, 4) is 0 Å². The summed E-state index contributed by atoms with van der Waals surface area (Å²) in [4.78, 5) is 10.8. The normalized spacial score (nSPS) is 25.8. The molecule has 2 fully saturated rings. The Morgan fingerprint density at radius 1 is 1.25 bits per heavy atom. The average molecular weight is 219 g/mol. The zero-order valence-corrected chi connectivity index (χ0v) is 9.34. The van der Waals surface area contributed by atoms with Gasteiger partial charge in [-0.2, -0.15) is 0 Å². The van der Waals surface area contributed by atoms with Gasteiger partial charge in [-0.05, 0) is 19.3 Å². The number of hydrogen-bond donors (Lipinski definition) is 1. The van der Waals surface area contributed by atoms with Gasteiger partial charge in [-0.1, -0.05) is 6.42 Å². The van der Waals surface area contributed by atoms with E-state index >= 15 is 0 Å². The van der Waals surface area contributed by atoms with Crippen LogP contribution in [0.5, 0.6) is 0 Å². The largest absolute Gasteiger partial charge is 0.391 e. The molecule has 0 bridgehead atoms. The molecule has 4 nitrogen and oxygen atoms in total. The lowest BCUT2D eigenvalue weighted by atomic mass is 9.83. The summed E-state index contributed by atoms with van der Waals surface area (Å²) in [5, 5.41) is 9.51. The van der Waals surface area contributed by atoms with Gasteiger partial charge >= 0.3 is 0 Å². The first kappa shape index (κ1) is 10.0. The van der Waals surface area contributed by atoms with E-state index in [1.54, 1.807) is 6.33 Å². The van der Waals surface area contributed by atoms with Gasteiger partial charge in [-0.3, -0.25) is 0 Å². The summed E-state index contributed by atoms with van der Waals surface area (Å²) in [6.07, 6.45) is 6.17. The van der Waals surface area contributed by atoms with Gasteiger partial charge in [-0.25, -0.2) is 9.97 Å². The minimum Gasteiger partial charge on any atom is -0.391 e. The van der Waals surface area contributed by atoms with Crippen molar-refractivity contribution in [2.75, 3.05) is 18.0 Å². The van der Waals surface area contributed by atoms with E-state index in [0.717, 1.165) is 18.8 Å². The van der Waals surface area contributed by atoms with Crippen molar-refractivity contribution in [1.82, 2.24) is 9.97 Å². The number of aliphatic hydroxyl groups is 1. The summed E-state index contributed by atoms with van der Waals surface area (Å²) in [5.41, 5.74) is 1.18. The molecule has 1 saturated carbocycles. The van der Waals surface area contributed by atoms with E-state index < -0.39 is 0 Å². The lowest BCUT2D eigenvalue weighted by Crippen LogP contribution is -2.23. The predicted octanol–water partition coefficient (Wildman–Crippen LogP) is 1.32. The molecule has 1 aliphatic heterocycles. The Labute approximate surface area is 95.3 Å². The van der Waals surface area contributed by atoms with Gasteiger partial charge in [0.05, 0.1) is 6.10 Å². The number of rotatable bonds is 2. The average Bonchev–Trinajstić information content (AvgIpc) is 2.63. The molecule has 86 valence electrons. The summed E-state index contributed by atoms with van der Waals surface area (Å²) in [7, 11) is 0. The summed E-state index contributed by atoms with van der Waals surface area (Å²) in [6.45, 7) is 1.61. The summed E-state index contributed by atoms with van der Waals surface area (Å²) in [6, 6.07) is 2.10. The molecular formula is C12H17N3O. The Hall–Kier alpha value is -1.16. The number of aliphatic hydroxyl groups excluding tert-OH is 1. The van der Waals surface area contributed by atoms with Crippen LogP contribution in [0.3, 0.4) is 0 Å². The molecule has 16 heavy (non-hydrogen) atoms. The molecule has 0 aromatic carbocycles. The Morgan fingerprint density at radius 3 is 2.75 bits per heavy atom. The molecule has 1 aromatic rings. The predicted molar refractivity (Wildman–Crippen MR) is 61.5 cm³/mol. The highest BCUT2D eigenvalue weighted by atomic mass is 16.3. The topological polar surface area (TPSA) is 49.2 Å². The van der Waals surface area contributed by atoms with Crippen LogP contribution >= 0.6 is 0 Å². The summed E-state index contributed by atoms with van der Waals surface area (Å²) < 4.78 is 0. The van der Waals surface area contributed by atoms with E-state index in [4.69, 9.17) is 0 Å². The molecule has 2 heterocycles. The Morgan fingerprint density at radius 2 is 2.12 bits per heavy atom. The fourth-order valence-electron chi connectivity index (χ4n) is 2.41. The van der Waals surface area contributed by atoms with Crippen LogP contribution in [0.25, 0.3) is 0 Å². The van der Waals surface area contributed by atoms with E-state index in [1.807, 2.05) is 0 Å². The van der Waals surface area contributed by atoms with Gasteiger partial charge in [0.25, 0.3) is 0 Å². The van der Waals surface area contributed by atoms with Crippen LogP contribution < -0.4 is 4.90 Å². The Balaban J connectivity index is 1.79. The first-order valence-corrected chi connectivity index (χ1v) is 6.08. The van der Waals surface area contributed by atoms with Gasteiger partial charge in [0, 0.05) is 30.8 Å². The van der Waals surface area contributed by atoms with E-state index in [0.29, 0.717) is 12.5 Å². The van der Waals surface area contributed by atoms with Gasteiger partial charge in [0.2, 0.25) is 0 Å². The number of hydrogen-bond acceptors (Lipinski definition) is 4. The van der Waals surface area contributed by atoms with Crippen molar-refractivity contribution < 1.29 is 5.11 Å². The molecule has 3 rings (SSSR count). The van der Waals surface area contributed by atoms with Crippen LogP contribution in [0.2, 0.25) is 0 Å². The van der Waals surface area contributed by atoms with Crippen LogP contribution in [-0.4, -0.2) is 34.3 Å². The van der Waals surface area contributed by atoms with Crippen LogP contribution in [0.15, 0.2) is 12.4 Å². The standard InChI is InChI=1S/C12H17N3O/c16-10-4-5-15(7-10)12-6-11(13-8-14-12)9-2-1-3-9/h6,8-10,16H,1-5,7H2. The summed E-state index contributed by atoms with van der Waals surface area (Å²) in [5.74, 6) is 1.63. The number of β-amino-alcohol motifs (C(OH)–C–C–N with tert-alkyl or cyclic N) is 1. The molecule has 1 atom stereocenters. The second kappa shape index (κ2) is 4.01. The minimum absolute atomic E-state index is 0.192. The lowest BCUT2D eigenvalue weighted by Gasteiger charge is -2.25. The van der Waals surface area contributed by atoms with Crippen LogP contribution in [0, 0.1) is 0 Å². The van der Waals surface area contributed by atoms with Gasteiger partial charge in [0.1, 0.15) is 12.1 Å². The smallest absolute Gasteiger partial charge is 0.132 e. The number of nitrogens with zero attached hydrogens (tertiary/aromatic N) is 3. The molecular weight excluding hydrogens is 202 g/mol. The van der Waals surface area contributed by atoms with E-state index in [1.165, 1.54) is 25.0 Å². The molecule has 1 aliphatic carbocycles. The van der Waals surface area contributed by atoms with Crippen molar-refractivity contribution in [2.24, 2.45) is 0 Å². The highest BCUT2D eigenvalue weighted by Crippen LogP contribution is 2.36. The SMILES string of the molecule is OC1CCN(c2cc(C3CCC3)ncn2)C1. The molecule has 1 unspecified atom stereocenters. The summed E-state index contributed by atoms with van der Waals surface area (Å²) >= 11 is 0. The first-order chi connectivity index (χ1) is 7.83. The van der Waals surface area contributed by atoms with Gasteiger partial charge in [-0.15, -0.1) is 0 Å². The third kappa shape index (κ3) is 1.78. The van der Waals surface area contributed by atoms with Crippen LogP contribution in [0.4, 0.5) is 5.82 Å². The second-order valence-electron chi connectivity index (χ2n) is 4.82. The molecule has 1 aromatic heterocycles. The molecule has 1 N–H and O–H groups in total. The Bertz CT molecular complexity index is 378. The van der Waals surface area contributed by atoms with E-state index in [-0.39, 0.29) is 6.10 Å².